The van der Waals surface area contributed by atoms with Crippen molar-refractivity contribution in [3.8, 4) is 22.6 Å². The monoisotopic (exact) mass is 477 g/mol. The van der Waals surface area contributed by atoms with Crippen molar-refractivity contribution < 1.29 is 15.0 Å². The molecule has 0 aliphatic rings. The van der Waals surface area contributed by atoms with Crippen LogP contribution >= 0.6 is 11.6 Å². The number of rotatable bonds is 5. The molecule has 7 heteroatoms. The minimum atomic E-state index is -0.976. The number of carbonyl (C=O) groups is 1. The Hall–Kier alpha value is -3.38. The molecule has 0 spiro atoms. The van der Waals surface area contributed by atoms with Gasteiger partial charge in [-0.1, -0.05) is 58.4 Å². The Balaban J connectivity index is 1.94. The summed E-state index contributed by atoms with van der Waals surface area (Å²) in [7, 11) is 0. The van der Waals surface area contributed by atoms with Crippen molar-refractivity contribution in [3.05, 3.63) is 70.7 Å². The number of hydrogen-bond donors (Lipinski definition) is 2. The van der Waals surface area contributed by atoms with E-state index in [1.807, 2.05) is 12.1 Å². The highest BCUT2D eigenvalue weighted by Gasteiger charge is 2.31. The van der Waals surface area contributed by atoms with E-state index in [-0.39, 0.29) is 22.1 Å². The molecule has 1 heterocycles. The number of carboxylic acids is 1. The number of nitrogens with zero attached hydrogens (tertiary/aromatic N) is 3. The molecule has 1 aromatic heterocycles. The maximum atomic E-state index is 11.4. The van der Waals surface area contributed by atoms with Gasteiger partial charge in [0.15, 0.2) is 0 Å². The van der Waals surface area contributed by atoms with Crippen LogP contribution in [-0.4, -0.2) is 31.2 Å². The summed E-state index contributed by atoms with van der Waals surface area (Å²) in [5, 5.41) is 30.4. The van der Waals surface area contributed by atoms with Crippen LogP contribution < -0.4 is 0 Å². The van der Waals surface area contributed by atoms with Crippen LogP contribution in [0.15, 0.2) is 54.6 Å². The smallest absolute Gasteiger partial charge is 0.335 e. The van der Waals surface area contributed by atoms with Gasteiger partial charge in [0, 0.05) is 10.6 Å². The third kappa shape index (κ3) is 4.77. The summed E-state index contributed by atoms with van der Waals surface area (Å²) in [5.41, 5.74) is 4.07. The van der Waals surface area contributed by atoms with Crippen molar-refractivity contribution in [2.45, 2.75) is 46.5 Å². The summed E-state index contributed by atoms with van der Waals surface area (Å²) in [5.74, 6) is -0.859. The first-order chi connectivity index (χ1) is 15.8. The molecule has 4 aromatic rings. The van der Waals surface area contributed by atoms with Gasteiger partial charge in [-0.3, -0.25) is 0 Å². The van der Waals surface area contributed by atoms with Gasteiger partial charge >= 0.3 is 5.97 Å². The molecule has 0 saturated carbocycles. The van der Waals surface area contributed by atoms with E-state index >= 15 is 0 Å². The molecule has 0 fully saturated rings. The van der Waals surface area contributed by atoms with Gasteiger partial charge in [-0.25, -0.2) is 4.79 Å². The Labute approximate surface area is 203 Å². The minimum Gasteiger partial charge on any atom is -0.505 e. The third-order valence-electron chi connectivity index (χ3n) is 5.81. The van der Waals surface area contributed by atoms with Crippen LogP contribution in [0.1, 0.15) is 57.0 Å². The zero-order valence-corrected chi connectivity index (χ0v) is 20.7. The number of phenols is 1. The van der Waals surface area contributed by atoms with Crippen LogP contribution in [-0.2, 0) is 5.41 Å². The van der Waals surface area contributed by atoms with Crippen LogP contribution in [0.3, 0.4) is 0 Å². The fourth-order valence-corrected chi connectivity index (χ4v) is 4.84. The maximum absolute atomic E-state index is 11.4. The van der Waals surface area contributed by atoms with Gasteiger partial charge in [-0.05, 0) is 70.8 Å². The van der Waals surface area contributed by atoms with E-state index in [9.17, 15) is 15.0 Å². The second kappa shape index (κ2) is 8.44. The second-order valence-corrected chi connectivity index (χ2v) is 11.0. The highest BCUT2D eigenvalue weighted by Crippen LogP contribution is 2.44. The maximum Gasteiger partial charge on any atom is 0.335 e. The van der Waals surface area contributed by atoms with E-state index < -0.39 is 5.97 Å². The number of carboxylic acid groups (broad SMARTS) is 1. The summed E-state index contributed by atoms with van der Waals surface area (Å²) in [6.07, 6.45) is 0.832. The molecule has 4 rings (SSSR count). The zero-order chi connectivity index (χ0) is 24.8. The third-order valence-corrected chi connectivity index (χ3v) is 6.05. The second-order valence-electron chi connectivity index (χ2n) is 10.5. The fourth-order valence-electron chi connectivity index (χ4n) is 4.68. The zero-order valence-electron chi connectivity index (χ0n) is 19.9. The number of aromatic nitrogens is 3. The molecule has 6 nitrogen and oxygen atoms in total. The van der Waals surface area contributed by atoms with E-state index in [2.05, 4.69) is 44.8 Å². The molecule has 0 bridgehead atoms. The molecular formula is C27H28ClN3O3. The SMILES string of the molecule is CC(C)(C)CC(C)(C)c1cc(-c2ccc(C(=O)O)cc2)cc(-n2nc3ccc(Cl)cc3n2)c1O. The van der Waals surface area contributed by atoms with E-state index in [0.717, 1.165) is 23.1 Å². The average molecular weight is 478 g/mol. The van der Waals surface area contributed by atoms with Crippen molar-refractivity contribution in [2.24, 2.45) is 5.41 Å². The van der Waals surface area contributed by atoms with Gasteiger partial charge in [0.1, 0.15) is 22.5 Å². The van der Waals surface area contributed by atoms with Crippen molar-refractivity contribution in [2.75, 3.05) is 0 Å². The topological polar surface area (TPSA) is 88.2 Å². The Bertz CT molecular complexity index is 1380. The highest BCUT2D eigenvalue weighted by molar-refractivity contribution is 6.31. The number of fused-ring (bicyclic) bond motifs is 1. The molecule has 2 N–H and O–H groups in total. The van der Waals surface area contributed by atoms with Crippen LogP contribution in [0.5, 0.6) is 5.75 Å². The standard InChI is InChI=1S/C27H28ClN3O3/c1-26(2,3)15-27(4,5)20-12-18(16-6-8-17(9-7-16)25(33)34)13-23(24(20)32)31-29-21-11-10-19(28)14-22(21)30-31/h6-14,32H,15H2,1-5H3,(H,33,34). The van der Waals surface area contributed by atoms with Gasteiger partial charge in [-0.15, -0.1) is 15.0 Å². The Morgan fingerprint density at radius 2 is 1.56 bits per heavy atom. The summed E-state index contributed by atoms with van der Waals surface area (Å²) < 4.78 is 0. The fraction of sp³-hybridized carbons (Fsp3) is 0.296. The molecule has 0 saturated heterocycles. The van der Waals surface area contributed by atoms with Crippen molar-refractivity contribution in [1.29, 1.82) is 0 Å². The first-order valence-corrected chi connectivity index (χ1v) is 11.5. The van der Waals surface area contributed by atoms with Gasteiger partial charge in [-0.2, -0.15) is 0 Å². The number of hydrogen-bond acceptors (Lipinski definition) is 4. The Kier molecular flexibility index (Phi) is 5.90. The number of aromatic hydroxyl groups is 1. The van der Waals surface area contributed by atoms with Crippen molar-refractivity contribution >= 4 is 28.6 Å². The van der Waals surface area contributed by atoms with E-state index in [4.69, 9.17) is 11.6 Å². The van der Waals surface area contributed by atoms with E-state index in [1.165, 1.54) is 4.80 Å². The lowest BCUT2D eigenvalue weighted by atomic mass is 9.71. The predicted molar refractivity (Wildman–Crippen MR) is 135 cm³/mol. The average Bonchev–Trinajstić information content (AvgIpc) is 3.15. The molecular weight excluding hydrogens is 450 g/mol. The first kappa shape index (κ1) is 23.8. The molecule has 3 aromatic carbocycles. The molecule has 0 unspecified atom stereocenters. The quantitative estimate of drug-likeness (QED) is 0.328. The molecule has 0 atom stereocenters. The molecule has 0 aliphatic heterocycles. The number of halogens is 1. The number of benzene rings is 3. The van der Waals surface area contributed by atoms with Crippen LogP contribution in [0.25, 0.3) is 27.8 Å². The summed E-state index contributed by atoms with van der Waals surface area (Å²) in [4.78, 5) is 12.7. The number of aromatic carboxylic acids is 1. The van der Waals surface area contributed by atoms with Gasteiger partial charge in [0.2, 0.25) is 0 Å². The van der Waals surface area contributed by atoms with E-state index in [0.29, 0.717) is 21.7 Å². The minimum absolute atomic E-state index is 0.0324. The lowest BCUT2D eigenvalue weighted by Gasteiger charge is -2.34. The van der Waals surface area contributed by atoms with Gasteiger partial charge in [0.05, 0.1) is 5.56 Å². The van der Waals surface area contributed by atoms with Crippen LogP contribution in [0, 0.1) is 5.41 Å². The first-order valence-electron chi connectivity index (χ1n) is 11.1. The van der Waals surface area contributed by atoms with Crippen molar-refractivity contribution in [3.63, 3.8) is 0 Å². The lowest BCUT2D eigenvalue weighted by molar-refractivity contribution is 0.0697. The van der Waals surface area contributed by atoms with Gasteiger partial charge in [0.25, 0.3) is 0 Å². The number of phenolic OH excluding ortho intramolecular Hbond substituents is 1. The largest absolute Gasteiger partial charge is 0.505 e. The predicted octanol–water partition coefficient (Wildman–Crippen LogP) is 6.86. The molecule has 176 valence electrons. The molecule has 0 aliphatic carbocycles. The summed E-state index contributed by atoms with van der Waals surface area (Å²) in [6.45, 7) is 10.7. The van der Waals surface area contributed by atoms with Crippen LogP contribution in [0.4, 0.5) is 0 Å². The Morgan fingerprint density at radius 3 is 2.18 bits per heavy atom. The Morgan fingerprint density at radius 1 is 0.912 bits per heavy atom. The summed E-state index contributed by atoms with van der Waals surface area (Å²) in [6, 6.07) is 15.8. The van der Waals surface area contributed by atoms with Crippen molar-refractivity contribution in [1.82, 2.24) is 15.0 Å². The lowest BCUT2D eigenvalue weighted by Crippen LogP contribution is -2.25. The molecule has 34 heavy (non-hydrogen) atoms. The highest BCUT2D eigenvalue weighted by atomic mass is 35.5. The summed E-state index contributed by atoms with van der Waals surface area (Å²) >= 11 is 6.12. The van der Waals surface area contributed by atoms with E-state index in [1.54, 1.807) is 42.5 Å². The normalized spacial score (nSPS) is 12.3. The van der Waals surface area contributed by atoms with Gasteiger partial charge < -0.3 is 10.2 Å². The van der Waals surface area contributed by atoms with Crippen LogP contribution in [0.2, 0.25) is 5.02 Å². The molecule has 0 radical (unpaired) electrons. The molecule has 0 amide bonds.